The topological polar surface area (TPSA) is 37.3 Å². The Labute approximate surface area is 129 Å². The van der Waals surface area contributed by atoms with E-state index in [2.05, 4.69) is 0 Å². The summed E-state index contributed by atoms with van der Waals surface area (Å²) in [5.41, 5.74) is 4.41. The largest absolute Gasteiger partial charge is 0.507 e. The predicted molar refractivity (Wildman–Crippen MR) is 88.9 cm³/mol. The lowest BCUT2D eigenvalue weighted by Gasteiger charge is -2.12. The molecule has 2 rings (SSSR count). The zero-order valence-electron chi connectivity index (χ0n) is 12.4. The number of aryl methyl sites for hydroxylation is 2. The Bertz CT molecular complexity index is 662. The van der Waals surface area contributed by atoms with E-state index in [1.807, 2.05) is 56.5 Å². The van der Waals surface area contributed by atoms with Crippen molar-refractivity contribution in [3.05, 3.63) is 64.7 Å². The van der Waals surface area contributed by atoms with E-state index in [1.54, 1.807) is 17.8 Å². The molecule has 0 unspecified atom stereocenters. The Morgan fingerprint density at radius 1 is 1.05 bits per heavy atom. The molecule has 0 aliphatic carbocycles. The molecule has 0 fully saturated rings. The van der Waals surface area contributed by atoms with Gasteiger partial charge in [-0.25, -0.2) is 0 Å². The molecular weight excluding hydrogens is 280 g/mol. The first-order valence-electron chi connectivity index (χ1n) is 6.67. The third-order valence-corrected chi connectivity index (χ3v) is 4.18. The number of allylic oxidation sites excluding steroid dienone is 1. The summed E-state index contributed by atoms with van der Waals surface area (Å²) in [7, 11) is 0. The van der Waals surface area contributed by atoms with Gasteiger partial charge in [-0.05, 0) is 78.3 Å². The molecule has 0 spiro atoms. The molecule has 0 bridgehead atoms. The first-order valence-corrected chi connectivity index (χ1v) is 7.89. The second-order valence-corrected chi connectivity index (χ2v) is 5.78. The molecule has 2 aromatic rings. The number of carbonyl (C=O) groups is 1. The number of phenolic OH excluding ortho intramolecular Hbond substituents is 1. The molecule has 1 N–H and O–H groups in total. The van der Waals surface area contributed by atoms with Gasteiger partial charge in [0.05, 0.1) is 0 Å². The minimum Gasteiger partial charge on any atom is -0.507 e. The first kappa shape index (κ1) is 15.4. The van der Waals surface area contributed by atoms with E-state index in [9.17, 15) is 9.90 Å². The van der Waals surface area contributed by atoms with Gasteiger partial charge in [-0.1, -0.05) is 12.1 Å². The van der Waals surface area contributed by atoms with Crippen molar-refractivity contribution in [2.45, 2.75) is 18.7 Å². The average Bonchev–Trinajstić information content (AvgIpc) is 2.50. The summed E-state index contributed by atoms with van der Waals surface area (Å²) in [5.74, 6) is 0.307. The van der Waals surface area contributed by atoms with Crippen LogP contribution >= 0.6 is 11.8 Å². The predicted octanol–water partition coefficient (Wildman–Crippen LogP) is 4.36. The zero-order chi connectivity index (χ0) is 15.4. The van der Waals surface area contributed by atoms with Crippen LogP contribution in [-0.4, -0.2) is 17.6 Å². The molecule has 3 heteroatoms. The molecule has 108 valence electrons. The molecule has 0 saturated heterocycles. The number of hydrogen-bond acceptors (Lipinski definition) is 3. The molecule has 0 heterocycles. The average molecular weight is 298 g/mol. The summed E-state index contributed by atoms with van der Waals surface area (Å²) in [5, 5.41) is 9.89. The highest BCUT2D eigenvalue weighted by Gasteiger charge is 2.09. The lowest BCUT2D eigenvalue weighted by atomic mass is 9.94. The van der Waals surface area contributed by atoms with Gasteiger partial charge in [-0.3, -0.25) is 4.79 Å². The van der Waals surface area contributed by atoms with Crippen molar-refractivity contribution < 1.29 is 9.90 Å². The Morgan fingerprint density at radius 3 is 2.10 bits per heavy atom. The first-order chi connectivity index (χ1) is 10.1. The number of aldehydes is 1. The van der Waals surface area contributed by atoms with Crippen LogP contribution in [0.2, 0.25) is 0 Å². The van der Waals surface area contributed by atoms with Crippen LogP contribution in [0.4, 0.5) is 0 Å². The van der Waals surface area contributed by atoms with Crippen LogP contribution in [0.1, 0.15) is 22.3 Å². The fraction of sp³-hybridized carbons (Fsp3) is 0.167. The van der Waals surface area contributed by atoms with Crippen molar-refractivity contribution in [1.82, 2.24) is 0 Å². The van der Waals surface area contributed by atoms with Gasteiger partial charge in [-0.2, -0.15) is 0 Å². The van der Waals surface area contributed by atoms with Gasteiger partial charge < -0.3 is 5.11 Å². The van der Waals surface area contributed by atoms with E-state index in [4.69, 9.17) is 0 Å². The second-order valence-electron chi connectivity index (χ2n) is 4.90. The van der Waals surface area contributed by atoms with Gasteiger partial charge in [0.1, 0.15) is 12.0 Å². The van der Waals surface area contributed by atoms with E-state index in [1.165, 1.54) is 4.90 Å². The van der Waals surface area contributed by atoms with Gasteiger partial charge in [0.15, 0.2) is 0 Å². The van der Waals surface area contributed by atoms with Crippen LogP contribution in [0.15, 0.2) is 47.4 Å². The van der Waals surface area contributed by atoms with Crippen LogP contribution in [0, 0.1) is 13.8 Å². The fourth-order valence-electron chi connectivity index (χ4n) is 2.31. The molecule has 0 aliphatic heterocycles. The van der Waals surface area contributed by atoms with Crippen molar-refractivity contribution in [3.63, 3.8) is 0 Å². The van der Waals surface area contributed by atoms with Crippen LogP contribution < -0.4 is 0 Å². The summed E-state index contributed by atoms with van der Waals surface area (Å²) < 4.78 is 0. The number of hydrogen-bond donors (Lipinski definition) is 1. The smallest absolute Gasteiger partial charge is 0.143 e. The lowest BCUT2D eigenvalue weighted by Crippen LogP contribution is -1.92. The van der Waals surface area contributed by atoms with E-state index in [0.717, 1.165) is 34.1 Å². The molecule has 0 atom stereocenters. The maximum atomic E-state index is 11.0. The third kappa shape index (κ3) is 3.37. The quantitative estimate of drug-likeness (QED) is 0.517. The van der Waals surface area contributed by atoms with E-state index >= 15 is 0 Å². The normalized spacial score (nSPS) is 11.5. The SMILES string of the molecule is CSc1ccc(/C(=C\C=O)c2cc(C)c(O)c(C)c2)cc1. The van der Waals surface area contributed by atoms with Crippen molar-refractivity contribution in [1.29, 1.82) is 0 Å². The summed E-state index contributed by atoms with van der Waals surface area (Å²) >= 11 is 1.68. The van der Waals surface area contributed by atoms with Crippen molar-refractivity contribution in [3.8, 4) is 5.75 Å². The molecule has 2 nitrogen and oxygen atoms in total. The van der Waals surface area contributed by atoms with Crippen LogP contribution in [0.3, 0.4) is 0 Å². The number of phenols is 1. The highest BCUT2D eigenvalue weighted by atomic mass is 32.2. The summed E-state index contributed by atoms with van der Waals surface area (Å²) in [6, 6.07) is 11.9. The number of thioether (sulfide) groups is 1. The minimum absolute atomic E-state index is 0.307. The van der Waals surface area contributed by atoms with Crippen molar-refractivity contribution in [2.75, 3.05) is 6.26 Å². The third-order valence-electron chi connectivity index (χ3n) is 3.44. The van der Waals surface area contributed by atoms with Gasteiger partial charge in [0.2, 0.25) is 0 Å². The standard InChI is InChI=1S/C18H18O2S/c1-12-10-15(11-13(2)18(12)20)17(8-9-19)14-4-6-16(21-3)7-5-14/h4-11,20H,1-3H3/b17-8+. The second kappa shape index (κ2) is 6.64. The zero-order valence-corrected chi connectivity index (χ0v) is 13.2. The van der Waals surface area contributed by atoms with Crippen molar-refractivity contribution in [2.24, 2.45) is 0 Å². The van der Waals surface area contributed by atoms with E-state index in [0.29, 0.717) is 5.75 Å². The Hall–Kier alpha value is -2.00. The molecule has 0 saturated carbocycles. The molecule has 0 aromatic heterocycles. The molecule has 21 heavy (non-hydrogen) atoms. The number of benzene rings is 2. The molecule has 0 radical (unpaired) electrons. The van der Waals surface area contributed by atoms with E-state index in [-0.39, 0.29) is 0 Å². The van der Waals surface area contributed by atoms with Gasteiger partial charge in [0, 0.05) is 4.90 Å². The van der Waals surface area contributed by atoms with Gasteiger partial charge in [0.25, 0.3) is 0 Å². The number of aromatic hydroxyl groups is 1. The van der Waals surface area contributed by atoms with Gasteiger partial charge >= 0.3 is 0 Å². The van der Waals surface area contributed by atoms with Crippen LogP contribution in [0.5, 0.6) is 5.75 Å². The van der Waals surface area contributed by atoms with Crippen LogP contribution in [0.25, 0.3) is 5.57 Å². The Kier molecular flexibility index (Phi) is 4.86. The highest BCUT2D eigenvalue weighted by Crippen LogP contribution is 2.30. The number of carbonyl (C=O) groups excluding carboxylic acids is 1. The molecule has 0 aliphatic rings. The lowest BCUT2D eigenvalue weighted by molar-refractivity contribution is -0.104. The van der Waals surface area contributed by atoms with Crippen molar-refractivity contribution >= 4 is 23.6 Å². The molecule has 2 aromatic carbocycles. The highest BCUT2D eigenvalue weighted by molar-refractivity contribution is 7.98. The van der Waals surface area contributed by atoms with Gasteiger partial charge in [-0.15, -0.1) is 11.8 Å². The Morgan fingerprint density at radius 2 is 1.62 bits per heavy atom. The maximum absolute atomic E-state index is 11.0. The fourth-order valence-corrected chi connectivity index (χ4v) is 2.72. The summed E-state index contributed by atoms with van der Waals surface area (Å²) in [4.78, 5) is 12.2. The molecule has 0 amide bonds. The minimum atomic E-state index is 0.307. The number of rotatable bonds is 4. The molecular formula is C18H18O2S. The maximum Gasteiger partial charge on any atom is 0.143 e. The Balaban J connectivity index is 2.53. The van der Waals surface area contributed by atoms with E-state index < -0.39 is 0 Å². The summed E-state index contributed by atoms with van der Waals surface area (Å²) in [6.45, 7) is 3.72. The van der Waals surface area contributed by atoms with Crippen LogP contribution in [-0.2, 0) is 4.79 Å². The summed E-state index contributed by atoms with van der Waals surface area (Å²) in [6.07, 6.45) is 4.40. The monoisotopic (exact) mass is 298 g/mol.